The number of amides is 2. The van der Waals surface area contributed by atoms with Crippen LogP contribution in [-0.4, -0.2) is 24.5 Å². The van der Waals surface area contributed by atoms with E-state index in [1.807, 2.05) is 24.3 Å². The highest BCUT2D eigenvalue weighted by Gasteiger charge is 2.23. The first kappa shape index (κ1) is 11.4. The first-order valence-corrected chi connectivity index (χ1v) is 5.24. The van der Waals surface area contributed by atoms with Crippen LogP contribution in [0.2, 0.25) is 0 Å². The number of nitrogens with two attached hydrogens (primary N) is 1. The molecule has 0 radical (unpaired) electrons. The third kappa shape index (κ3) is 2.54. The van der Waals surface area contributed by atoms with Crippen molar-refractivity contribution >= 4 is 11.8 Å². The Morgan fingerprint density at radius 1 is 1.35 bits per heavy atom. The van der Waals surface area contributed by atoms with Crippen molar-refractivity contribution in [1.82, 2.24) is 10.7 Å². The standard InChI is InChI=1S/C11H13N3O3/c12-14-11(16)10(15)13-6-8-5-7-3-1-2-4-9(7)17-8/h1-4,8H,5-6,12H2,(H,13,15)(H,14,16). The number of nitrogens with one attached hydrogen (secondary N) is 2. The van der Waals surface area contributed by atoms with Gasteiger partial charge in [-0.15, -0.1) is 0 Å². The first-order chi connectivity index (χ1) is 8.20. The number of hydrazine groups is 1. The van der Waals surface area contributed by atoms with E-state index in [0.29, 0.717) is 0 Å². The first-order valence-electron chi connectivity index (χ1n) is 5.24. The third-order valence-electron chi connectivity index (χ3n) is 2.54. The van der Waals surface area contributed by atoms with Gasteiger partial charge in [0.25, 0.3) is 0 Å². The summed E-state index contributed by atoms with van der Waals surface area (Å²) in [7, 11) is 0. The molecule has 1 unspecified atom stereocenters. The van der Waals surface area contributed by atoms with Crippen LogP contribution in [-0.2, 0) is 16.0 Å². The van der Waals surface area contributed by atoms with Gasteiger partial charge >= 0.3 is 11.8 Å². The van der Waals surface area contributed by atoms with Crippen molar-refractivity contribution in [3.8, 4) is 5.75 Å². The van der Waals surface area contributed by atoms with E-state index in [4.69, 9.17) is 10.6 Å². The Labute approximate surface area is 98.1 Å². The largest absolute Gasteiger partial charge is 0.488 e. The fourth-order valence-corrected chi connectivity index (χ4v) is 1.72. The summed E-state index contributed by atoms with van der Waals surface area (Å²) in [5.41, 5.74) is 2.87. The summed E-state index contributed by atoms with van der Waals surface area (Å²) in [6.45, 7) is 0.279. The fraction of sp³-hybridized carbons (Fsp3) is 0.273. The molecule has 0 bridgehead atoms. The minimum atomic E-state index is -0.861. The van der Waals surface area contributed by atoms with Gasteiger partial charge in [0.1, 0.15) is 11.9 Å². The summed E-state index contributed by atoms with van der Waals surface area (Å²) in [4.78, 5) is 22.0. The Balaban J connectivity index is 1.84. The van der Waals surface area contributed by atoms with Gasteiger partial charge in [-0.2, -0.15) is 0 Å². The smallest absolute Gasteiger partial charge is 0.323 e. The Bertz CT molecular complexity index is 422. The molecular weight excluding hydrogens is 222 g/mol. The van der Waals surface area contributed by atoms with Crippen molar-refractivity contribution < 1.29 is 14.3 Å². The molecule has 0 aliphatic carbocycles. The Morgan fingerprint density at radius 3 is 2.82 bits per heavy atom. The molecule has 0 spiro atoms. The molecule has 90 valence electrons. The number of rotatable bonds is 2. The number of carbonyl (C=O) groups excluding carboxylic acids is 2. The van der Waals surface area contributed by atoms with Crippen molar-refractivity contribution in [1.29, 1.82) is 0 Å². The molecular formula is C11H13N3O3. The SMILES string of the molecule is NNC(=O)C(=O)NCC1Cc2ccccc2O1. The normalized spacial score (nSPS) is 16.9. The van der Waals surface area contributed by atoms with Crippen LogP contribution >= 0.6 is 0 Å². The maximum absolute atomic E-state index is 11.1. The number of hydrogen-bond acceptors (Lipinski definition) is 4. The van der Waals surface area contributed by atoms with Crippen LogP contribution in [0.5, 0.6) is 5.75 Å². The van der Waals surface area contributed by atoms with Crippen LogP contribution in [0.1, 0.15) is 5.56 Å². The van der Waals surface area contributed by atoms with Crippen LogP contribution in [0.4, 0.5) is 0 Å². The molecule has 6 nitrogen and oxygen atoms in total. The van der Waals surface area contributed by atoms with Gasteiger partial charge in [0, 0.05) is 6.42 Å². The number of benzene rings is 1. The lowest BCUT2D eigenvalue weighted by Gasteiger charge is -2.11. The predicted molar refractivity (Wildman–Crippen MR) is 59.9 cm³/mol. The summed E-state index contributed by atoms with van der Waals surface area (Å²) in [6.07, 6.45) is 0.586. The molecule has 6 heteroatoms. The molecule has 1 aliphatic heterocycles. The molecule has 1 aromatic carbocycles. The summed E-state index contributed by atoms with van der Waals surface area (Å²) in [5, 5.41) is 2.45. The van der Waals surface area contributed by atoms with E-state index in [1.54, 1.807) is 5.43 Å². The zero-order chi connectivity index (χ0) is 12.3. The number of ether oxygens (including phenoxy) is 1. The van der Waals surface area contributed by atoms with Gasteiger partial charge in [-0.1, -0.05) is 18.2 Å². The minimum Gasteiger partial charge on any atom is -0.488 e. The molecule has 4 N–H and O–H groups in total. The topological polar surface area (TPSA) is 93.5 Å². The van der Waals surface area contributed by atoms with Gasteiger partial charge in [0.05, 0.1) is 6.54 Å². The average molecular weight is 235 g/mol. The summed E-state index contributed by atoms with van der Waals surface area (Å²) < 4.78 is 5.59. The highest BCUT2D eigenvalue weighted by molar-refractivity contribution is 6.34. The van der Waals surface area contributed by atoms with Gasteiger partial charge in [-0.25, -0.2) is 5.84 Å². The van der Waals surface area contributed by atoms with Gasteiger partial charge < -0.3 is 10.1 Å². The minimum absolute atomic E-state index is 0.137. The number of para-hydroxylation sites is 1. The van der Waals surface area contributed by atoms with Crippen LogP contribution in [0.3, 0.4) is 0 Å². The van der Waals surface area contributed by atoms with Gasteiger partial charge in [-0.3, -0.25) is 15.0 Å². The second-order valence-electron chi connectivity index (χ2n) is 3.74. The highest BCUT2D eigenvalue weighted by atomic mass is 16.5. The van der Waals surface area contributed by atoms with Crippen molar-refractivity contribution in [2.24, 2.45) is 5.84 Å². The van der Waals surface area contributed by atoms with Crippen LogP contribution in [0.15, 0.2) is 24.3 Å². The lowest BCUT2D eigenvalue weighted by Crippen LogP contribution is -2.45. The monoisotopic (exact) mass is 235 g/mol. The van der Waals surface area contributed by atoms with Crippen LogP contribution < -0.4 is 21.3 Å². The summed E-state index contributed by atoms with van der Waals surface area (Å²) >= 11 is 0. The summed E-state index contributed by atoms with van der Waals surface area (Å²) in [5.74, 6) is 4.04. The molecule has 0 saturated carbocycles. The van der Waals surface area contributed by atoms with E-state index in [-0.39, 0.29) is 12.6 Å². The lowest BCUT2D eigenvalue weighted by molar-refractivity contribution is -0.139. The molecule has 2 rings (SSSR count). The summed E-state index contributed by atoms with van der Waals surface area (Å²) in [6, 6.07) is 7.68. The maximum atomic E-state index is 11.1. The Kier molecular flexibility index (Phi) is 3.24. The van der Waals surface area contributed by atoms with Crippen molar-refractivity contribution in [3.63, 3.8) is 0 Å². The predicted octanol–water partition coefficient (Wildman–Crippen LogP) is -0.904. The average Bonchev–Trinajstić information content (AvgIpc) is 2.77. The number of fused-ring (bicyclic) bond motifs is 1. The maximum Gasteiger partial charge on any atom is 0.323 e. The highest BCUT2D eigenvalue weighted by Crippen LogP contribution is 2.27. The van der Waals surface area contributed by atoms with Crippen LogP contribution in [0, 0.1) is 0 Å². The van der Waals surface area contributed by atoms with Gasteiger partial charge in [0.2, 0.25) is 0 Å². The molecule has 0 aromatic heterocycles. The lowest BCUT2D eigenvalue weighted by atomic mass is 10.1. The Hall–Kier alpha value is -2.08. The zero-order valence-corrected chi connectivity index (χ0v) is 9.10. The molecule has 1 heterocycles. The van der Waals surface area contributed by atoms with Crippen molar-refractivity contribution in [3.05, 3.63) is 29.8 Å². The number of carbonyl (C=O) groups is 2. The molecule has 1 atom stereocenters. The second-order valence-corrected chi connectivity index (χ2v) is 3.74. The van der Waals surface area contributed by atoms with Crippen molar-refractivity contribution in [2.75, 3.05) is 6.54 Å². The molecule has 17 heavy (non-hydrogen) atoms. The molecule has 1 aliphatic rings. The fourth-order valence-electron chi connectivity index (χ4n) is 1.72. The quantitative estimate of drug-likeness (QED) is 0.268. The van der Waals surface area contributed by atoms with E-state index in [2.05, 4.69) is 5.32 Å². The third-order valence-corrected chi connectivity index (χ3v) is 2.54. The number of hydrogen-bond donors (Lipinski definition) is 3. The molecule has 1 aromatic rings. The van der Waals surface area contributed by atoms with E-state index < -0.39 is 11.8 Å². The second kappa shape index (κ2) is 4.84. The van der Waals surface area contributed by atoms with E-state index >= 15 is 0 Å². The zero-order valence-electron chi connectivity index (χ0n) is 9.10. The van der Waals surface area contributed by atoms with Gasteiger partial charge in [-0.05, 0) is 11.6 Å². The van der Waals surface area contributed by atoms with E-state index in [9.17, 15) is 9.59 Å². The van der Waals surface area contributed by atoms with E-state index in [1.165, 1.54) is 0 Å². The van der Waals surface area contributed by atoms with Crippen molar-refractivity contribution in [2.45, 2.75) is 12.5 Å². The van der Waals surface area contributed by atoms with E-state index in [0.717, 1.165) is 17.7 Å². The molecule has 2 amide bonds. The molecule has 0 saturated heterocycles. The van der Waals surface area contributed by atoms with Gasteiger partial charge in [0.15, 0.2) is 0 Å². The Morgan fingerprint density at radius 2 is 2.12 bits per heavy atom. The van der Waals surface area contributed by atoms with Crippen LogP contribution in [0.25, 0.3) is 0 Å². The molecule has 0 fully saturated rings.